The van der Waals surface area contributed by atoms with Gasteiger partial charge in [0.15, 0.2) is 0 Å². The molecule has 0 bridgehead atoms. The van der Waals surface area contributed by atoms with Gasteiger partial charge in [0.2, 0.25) is 0 Å². The SMILES string of the molecule is C=C/C1=C(\C=C)CC(C)c2ccccc2C#C1. The van der Waals surface area contributed by atoms with Crippen molar-refractivity contribution in [3.8, 4) is 11.8 Å². The second kappa shape index (κ2) is 4.89. The van der Waals surface area contributed by atoms with Crippen LogP contribution < -0.4 is 0 Å². The Morgan fingerprint density at radius 3 is 2.65 bits per heavy atom. The van der Waals surface area contributed by atoms with E-state index in [1.807, 2.05) is 18.2 Å². The Labute approximate surface area is 103 Å². The molecular formula is C17H16. The predicted octanol–water partition coefficient (Wildman–Crippen LogP) is 4.21. The molecular weight excluding hydrogens is 204 g/mol. The van der Waals surface area contributed by atoms with Crippen LogP contribution in [0.15, 0.2) is 60.7 Å². The molecule has 0 aliphatic heterocycles. The molecule has 2 rings (SSSR count). The average Bonchev–Trinajstić information content (AvgIpc) is 2.36. The van der Waals surface area contributed by atoms with E-state index < -0.39 is 0 Å². The van der Waals surface area contributed by atoms with Crippen molar-refractivity contribution in [2.24, 2.45) is 0 Å². The number of allylic oxidation sites excluding steroid dienone is 4. The van der Waals surface area contributed by atoms with E-state index in [4.69, 9.17) is 0 Å². The summed E-state index contributed by atoms with van der Waals surface area (Å²) in [6, 6.07) is 8.35. The first-order valence-electron chi connectivity index (χ1n) is 5.85. The average molecular weight is 220 g/mol. The molecule has 0 aromatic heterocycles. The van der Waals surface area contributed by atoms with Crippen LogP contribution in [-0.2, 0) is 0 Å². The third-order valence-electron chi connectivity index (χ3n) is 3.15. The molecule has 84 valence electrons. The molecule has 0 heterocycles. The van der Waals surface area contributed by atoms with Crippen molar-refractivity contribution in [2.45, 2.75) is 19.3 Å². The van der Waals surface area contributed by atoms with E-state index in [2.05, 4.69) is 50.1 Å². The highest BCUT2D eigenvalue weighted by molar-refractivity contribution is 5.54. The van der Waals surface area contributed by atoms with Crippen molar-refractivity contribution in [1.29, 1.82) is 0 Å². The van der Waals surface area contributed by atoms with Crippen LogP contribution in [0.25, 0.3) is 0 Å². The minimum atomic E-state index is 0.462. The molecule has 17 heavy (non-hydrogen) atoms. The fourth-order valence-corrected chi connectivity index (χ4v) is 2.18. The van der Waals surface area contributed by atoms with Crippen LogP contribution in [0.5, 0.6) is 0 Å². The van der Waals surface area contributed by atoms with Crippen molar-refractivity contribution in [2.75, 3.05) is 0 Å². The Morgan fingerprint density at radius 1 is 1.18 bits per heavy atom. The third kappa shape index (κ3) is 2.24. The topological polar surface area (TPSA) is 0 Å². The van der Waals surface area contributed by atoms with Crippen molar-refractivity contribution in [3.63, 3.8) is 0 Å². The molecule has 0 heteroatoms. The molecule has 1 aromatic carbocycles. The van der Waals surface area contributed by atoms with Crippen molar-refractivity contribution in [1.82, 2.24) is 0 Å². The van der Waals surface area contributed by atoms with Crippen LogP contribution in [0.1, 0.15) is 30.4 Å². The predicted molar refractivity (Wildman–Crippen MR) is 73.8 cm³/mol. The molecule has 0 N–H and O–H groups in total. The van der Waals surface area contributed by atoms with Gasteiger partial charge in [-0.25, -0.2) is 0 Å². The molecule has 0 fully saturated rings. The normalized spacial score (nSPS) is 22.5. The third-order valence-corrected chi connectivity index (χ3v) is 3.15. The van der Waals surface area contributed by atoms with Crippen LogP contribution >= 0.6 is 0 Å². The smallest absolute Gasteiger partial charge is 0.0283 e. The zero-order valence-corrected chi connectivity index (χ0v) is 10.2. The van der Waals surface area contributed by atoms with Crippen LogP contribution in [0.4, 0.5) is 0 Å². The number of hydrogen-bond acceptors (Lipinski definition) is 0. The molecule has 0 radical (unpaired) electrons. The maximum Gasteiger partial charge on any atom is 0.0283 e. The summed E-state index contributed by atoms with van der Waals surface area (Å²) in [5, 5.41) is 0. The fourth-order valence-electron chi connectivity index (χ4n) is 2.18. The molecule has 0 amide bonds. The summed E-state index contributed by atoms with van der Waals surface area (Å²) in [5.74, 6) is 6.89. The quantitative estimate of drug-likeness (QED) is 0.655. The second-order valence-corrected chi connectivity index (χ2v) is 4.29. The number of rotatable bonds is 2. The van der Waals surface area contributed by atoms with Gasteiger partial charge >= 0.3 is 0 Å². The maximum atomic E-state index is 3.87. The lowest BCUT2D eigenvalue weighted by molar-refractivity contribution is 0.757. The van der Waals surface area contributed by atoms with Gasteiger partial charge in [-0.1, -0.05) is 62.3 Å². The van der Waals surface area contributed by atoms with E-state index in [0.29, 0.717) is 5.92 Å². The summed E-state index contributed by atoms with van der Waals surface area (Å²) >= 11 is 0. The van der Waals surface area contributed by atoms with Crippen molar-refractivity contribution < 1.29 is 0 Å². The van der Waals surface area contributed by atoms with E-state index in [1.165, 1.54) is 11.1 Å². The zero-order chi connectivity index (χ0) is 12.3. The van der Waals surface area contributed by atoms with Crippen molar-refractivity contribution >= 4 is 0 Å². The molecule has 1 aliphatic rings. The fraction of sp³-hybridized carbons (Fsp3) is 0.176. The summed E-state index contributed by atoms with van der Waals surface area (Å²) in [5.41, 5.74) is 4.64. The summed E-state index contributed by atoms with van der Waals surface area (Å²) in [6.45, 7) is 9.93. The Bertz CT molecular complexity index is 547. The van der Waals surface area contributed by atoms with Crippen LogP contribution in [-0.4, -0.2) is 0 Å². The summed E-state index contributed by atoms with van der Waals surface area (Å²) in [7, 11) is 0. The molecule has 1 atom stereocenters. The molecule has 0 spiro atoms. The minimum absolute atomic E-state index is 0.462. The molecule has 0 nitrogen and oxygen atoms in total. The minimum Gasteiger partial charge on any atom is -0.0987 e. The van der Waals surface area contributed by atoms with Gasteiger partial charge in [-0.3, -0.25) is 0 Å². The number of fused-ring (bicyclic) bond motifs is 1. The highest BCUT2D eigenvalue weighted by atomic mass is 14.2. The van der Waals surface area contributed by atoms with Gasteiger partial charge in [0.05, 0.1) is 0 Å². The van der Waals surface area contributed by atoms with Gasteiger partial charge in [0.25, 0.3) is 0 Å². The van der Waals surface area contributed by atoms with Crippen LogP contribution in [0.2, 0.25) is 0 Å². The Morgan fingerprint density at radius 2 is 1.94 bits per heavy atom. The molecule has 1 unspecified atom stereocenters. The Hall–Kier alpha value is -2.00. The molecule has 1 aliphatic carbocycles. The van der Waals surface area contributed by atoms with Gasteiger partial charge in [-0.15, -0.1) is 0 Å². The largest absolute Gasteiger partial charge is 0.0987 e. The van der Waals surface area contributed by atoms with Gasteiger partial charge in [-0.2, -0.15) is 0 Å². The van der Waals surface area contributed by atoms with E-state index in [-0.39, 0.29) is 0 Å². The van der Waals surface area contributed by atoms with Crippen molar-refractivity contribution in [3.05, 3.63) is 71.8 Å². The van der Waals surface area contributed by atoms with Crippen LogP contribution in [0.3, 0.4) is 0 Å². The Balaban J connectivity index is 2.60. The van der Waals surface area contributed by atoms with Gasteiger partial charge in [0.1, 0.15) is 0 Å². The standard InChI is InChI=1S/C17H16/c1-4-14-10-11-16-8-6-7-9-17(16)13(3)12-15(14)5-2/h4-9,13H,1-2,12H2,3H3/b15-14-. The number of hydrogen-bond donors (Lipinski definition) is 0. The van der Waals surface area contributed by atoms with E-state index in [9.17, 15) is 0 Å². The lowest BCUT2D eigenvalue weighted by atomic mass is 9.87. The highest BCUT2D eigenvalue weighted by Crippen LogP contribution is 2.29. The lowest BCUT2D eigenvalue weighted by Crippen LogP contribution is -2.01. The lowest BCUT2D eigenvalue weighted by Gasteiger charge is -2.17. The first-order chi connectivity index (χ1) is 8.26. The van der Waals surface area contributed by atoms with Gasteiger partial charge in [0, 0.05) is 11.1 Å². The van der Waals surface area contributed by atoms with E-state index in [1.54, 1.807) is 0 Å². The zero-order valence-electron chi connectivity index (χ0n) is 10.2. The van der Waals surface area contributed by atoms with Gasteiger partial charge in [-0.05, 0) is 29.5 Å². The molecule has 0 saturated carbocycles. The number of benzene rings is 1. The highest BCUT2D eigenvalue weighted by Gasteiger charge is 2.13. The van der Waals surface area contributed by atoms with Crippen LogP contribution in [0, 0.1) is 11.8 Å². The summed E-state index contributed by atoms with van der Waals surface area (Å²) < 4.78 is 0. The summed E-state index contributed by atoms with van der Waals surface area (Å²) in [6.07, 6.45) is 4.69. The maximum absolute atomic E-state index is 3.87. The summed E-state index contributed by atoms with van der Waals surface area (Å²) in [4.78, 5) is 0. The molecule has 0 saturated heterocycles. The Kier molecular flexibility index (Phi) is 3.30. The first-order valence-corrected chi connectivity index (χ1v) is 5.85. The molecule has 1 aromatic rings. The van der Waals surface area contributed by atoms with E-state index in [0.717, 1.165) is 17.6 Å². The van der Waals surface area contributed by atoms with Gasteiger partial charge < -0.3 is 0 Å². The monoisotopic (exact) mass is 220 g/mol. The second-order valence-electron chi connectivity index (χ2n) is 4.29. The first kappa shape index (κ1) is 11.5. The van der Waals surface area contributed by atoms with E-state index >= 15 is 0 Å².